The minimum absolute atomic E-state index is 0.0219. The van der Waals surface area contributed by atoms with Crippen LogP contribution >= 0.6 is 22.9 Å². The summed E-state index contributed by atoms with van der Waals surface area (Å²) in [6.07, 6.45) is 0.924. The van der Waals surface area contributed by atoms with Gasteiger partial charge in [0.1, 0.15) is 0 Å². The van der Waals surface area contributed by atoms with Gasteiger partial charge in [-0.25, -0.2) is 13.4 Å². The molecule has 0 radical (unpaired) electrons. The number of para-hydroxylation sites is 1. The number of anilines is 1. The molecule has 31 heavy (non-hydrogen) atoms. The van der Waals surface area contributed by atoms with Crippen LogP contribution in [-0.2, 0) is 21.1 Å². The number of amides is 1. The fraction of sp³-hybridized carbons (Fsp3) is 0.364. The summed E-state index contributed by atoms with van der Waals surface area (Å²) in [5.41, 5.74) is 2.31. The van der Waals surface area contributed by atoms with Crippen molar-refractivity contribution in [1.29, 1.82) is 0 Å². The van der Waals surface area contributed by atoms with Crippen molar-refractivity contribution in [3.8, 4) is 0 Å². The molecule has 0 spiro atoms. The Hall–Kier alpha value is -2.16. The first-order valence-electron chi connectivity index (χ1n) is 10.3. The number of carbonyl (C=O) groups excluding carboxylic acids is 1. The quantitative estimate of drug-likeness (QED) is 0.536. The number of sulfone groups is 1. The number of carbonyl (C=O) groups is 1. The van der Waals surface area contributed by atoms with Crippen LogP contribution in [0.3, 0.4) is 0 Å². The minimum Gasteiger partial charge on any atom is -0.345 e. The molecule has 164 valence electrons. The molecule has 0 N–H and O–H groups in total. The Balaban J connectivity index is 1.34. The number of thiazole rings is 1. The first kappa shape index (κ1) is 22.0. The van der Waals surface area contributed by atoms with Gasteiger partial charge in [0.05, 0.1) is 20.9 Å². The topological polar surface area (TPSA) is 70.6 Å². The van der Waals surface area contributed by atoms with Crippen molar-refractivity contribution in [3.05, 3.63) is 53.1 Å². The predicted octanol–water partition coefficient (Wildman–Crippen LogP) is 4.02. The number of benzene rings is 2. The van der Waals surface area contributed by atoms with Crippen LogP contribution in [0.2, 0.25) is 5.02 Å². The third kappa shape index (κ3) is 4.86. The molecular weight excluding hydrogens is 454 g/mol. The molecule has 3 aromatic rings. The second-order valence-electron chi connectivity index (χ2n) is 7.50. The molecule has 0 atom stereocenters. The van der Waals surface area contributed by atoms with Crippen LogP contribution in [0.25, 0.3) is 10.2 Å². The average Bonchev–Trinajstić information content (AvgIpc) is 3.22. The van der Waals surface area contributed by atoms with E-state index in [0.29, 0.717) is 31.2 Å². The van der Waals surface area contributed by atoms with E-state index in [1.165, 1.54) is 22.4 Å². The van der Waals surface area contributed by atoms with Crippen molar-refractivity contribution in [2.75, 3.05) is 36.8 Å². The van der Waals surface area contributed by atoms with Crippen molar-refractivity contribution >= 4 is 54.0 Å². The van der Waals surface area contributed by atoms with Crippen LogP contribution in [0.1, 0.15) is 18.9 Å². The summed E-state index contributed by atoms with van der Waals surface area (Å²) in [4.78, 5) is 21.6. The van der Waals surface area contributed by atoms with Crippen molar-refractivity contribution < 1.29 is 13.2 Å². The zero-order valence-electron chi connectivity index (χ0n) is 17.3. The molecule has 1 aromatic heterocycles. The molecule has 1 aliphatic rings. The number of fused-ring (bicyclic) bond motifs is 1. The van der Waals surface area contributed by atoms with Gasteiger partial charge in [0.2, 0.25) is 5.91 Å². The summed E-state index contributed by atoms with van der Waals surface area (Å²) in [7, 11) is -3.51. The SMILES string of the molecule is CCc1cccc2sc(N3CCN(C(=O)CCS(=O)(=O)c4ccc(Cl)cc4)CC3)nc12. The molecule has 4 rings (SSSR count). The Morgan fingerprint density at radius 3 is 2.48 bits per heavy atom. The molecule has 0 bridgehead atoms. The number of aromatic nitrogens is 1. The largest absolute Gasteiger partial charge is 0.345 e. The van der Waals surface area contributed by atoms with Crippen LogP contribution in [-0.4, -0.2) is 56.1 Å². The van der Waals surface area contributed by atoms with Crippen molar-refractivity contribution in [1.82, 2.24) is 9.88 Å². The Kier molecular flexibility index (Phi) is 6.50. The van der Waals surface area contributed by atoms with Gasteiger partial charge < -0.3 is 9.80 Å². The Bertz CT molecular complexity index is 1180. The lowest BCUT2D eigenvalue weighted by Gasteiger charge is -2.34. The van der Waals surface area contributed by atoms with E-state index >= 15 is 0 Å². The number of halogens is 1. The maximum absolute atomic E-state index is 12.6. The first-order valence-corrected chi connectivity index (χ1v) is 13.1. The second kappa shape index (κ2) is 9.14. The van der Waals surface area contributed by atoms with Crippen LogP contribution < -0.4 is 4.90 Å². The van der Waals surface area contributed by atoms with Crippen LogP contribution in [0, 0.1) is 0 Å². The zero-order chi connectivity index (χ0) is 22.0. The molecule has 0 saturated carbocycles. The maximum Gasteiger partial charge on any atom is 0.223 e. The van der Waals surface area contributed by atoms with Crippen molar-refractivity contribution in [3.63, 3.8) is 0 Å². The van der Waals surface area contributed by atoms with E-state index in [1.807, 2.05) is 0 Å². The van der Waals surface area contributed by atoms with E-state index in [9.17, 15) is 13.2 Å². The number of nitrogens with zero attached hydrogens (tertiary/aromatic N) is 3. The lowest BCUT2D eigenvalue weighted by Crippen LogP contribution is -2.49. The summed E-state index contributed by atoms with van der Waals surface area (Å²) < 4.78 is 26.1. The lowest BCUT2D eigenvalue weighted by molar-refractivity contribution is -0.131. The third-order valence-corrected chi connectivity index (χ3v) is 8.60. The van der Waals surface area contributed by atoms with Gasteiger partial charge in [-0.05, 0) is 42.3 Å². The van der Waals surface area contributed by atoms with Gasteiger partial charge in [-0.1, -0.05) is 42.0 Å². The van der Waals surface area contributed by atoms with Gasteiger partial charge in [0.25, 0.3) is 0 Å². The Morgan fingerprint density at radius 2 is 1.81 bits per heavy atom. The van der Waals surface area contributed by atoms with Crippen molar-refractivity contribution in [2.45, 2.75) is 24.7 Å². The highest BCUT2D eigenvalue weighted by Crippen LogP contribution is 2.31. The molecule has 1 fully saturated rings. The van der Waals surface area contributed by atoms with E-state index in [2.05, 4.69) is 30.0 Å². The standard InChI is InChI=1S/C22H24ClN3O3S2/c1-2-16-4-3-5-19-21(16)24-22(30-19)26-13-11-25(12-14-26)20(27)10-15-31(28,29)18-8-6-17(23)7-9-18/h3-9H,2,10-15H2,1H3. The van der Waals surface area contributed by atoms with E-state index < -0.39 is 9.84 Å². The van der Waals surface area contributed by atoms with E-state index in [0.717, 1.165) is 17.1 Å². The van der Waals surface area contributed by atoms with Gasteiger partial charge in [-0.3, -0.25) is 4.79 Å². The first-order chi connectivity index (χ1) is 14.9. The smallest absolute Gasteiger partial charge is 0.223 e. The molecule has 9 heteroatoms. The van der Waals surface area contributed by atoms with Gasteiger partial charge >= 0.3 is 0 Å². The van der Waals surface area contributed by atoms with Crippen molar-refractivity contribution in [2.24, 2.45) is 0 Å². The molecule has 6 nitrogen and oxygen atoms in total. The number of piperazine rings is 1. The molecule has 0 unspecified atom stereocenters. The maximum atomic E-state index is 12.6. The third-order valence-electron chi connectivity index (χ3n) is 5.53. The summed E-state index contributed by atoms with van der Waals surface area (Å²) in [5.74, 6) is -0.333. The average molecular weight is 478 g/mol. The monoisotopic (exact) mass is 477 g/mol. The zero-order valence-corrected chi connectivity index (χ0v) is 19.6. The molecule has 1 aliphatic heterocycles. The number of rotatable bonds is 6. The Morgan fingerprint density at radius 1 is 1.10 bits per heavy atom. The Labute approximate surface area is 191 Å². The van der Waals surface area contributed by atoms with E-state index in [1.54, 1.807) is 28.4 Å². The molecule has 1 amide bonds. The van der Waals surface area contributed by atoms with Gasteiger partial charge in [-0.2, -0.15) is 0 Å². The molecule has 0 aliphatic carbocycles. The summed E-state index contributed by atoms with van der Waals surface area (Å²) >= 11 is 7.50. The fourth-order valence-electron chi connectivity index (χ4n) is 3.70. The summed E-state index contributed by atoms with van der Waals surface area (Å²) in [6.45, 7) is 4.64. The molecule has 1 saturated heterocycles. The van der Waals surface area contributed by atoms with E-state index in [4.69, 9.17) is 16.6 Å². The number of aryl methyl sites for hydroxylation is 1. The minimum atomic E-state index is -3.51. The highest BCUT2D eigenvalue weighted by molar-refractivity contribution is 7.91. The number of hydrogen-bond acceptors (Lipinski definition) is 6. The highest BCUT2D eigenvalue weighted by atomic mass is 35.5. The molecule has 2 heterocycles. The second-order valence-corrected chi connectivity index (χ2v) is 11.1. The molecular formula is C22H24ClN3O3S2. The van der Waals surface area contributed by atoms with Crippen LogP contribution in [0.5, 0.6) is 0 Å². The van der Waals surface area contributed by atoms with Crippen LogP contribution in [0.15, 0.2) is 47.4 Å². The van der Waals surface area contributed by atoms with E-state index in [-0.39, 0.29) is 23.0 Å². The van der Waals surface area contributed by atoms with Gasteiger partial charge in [0.15, 0.2) is 15.0 Å². The normalized spacial score (nSPS) is 14.9. The lowest BCUT2D eigenvalue weighted by atomic mass is 10.1. The summed E-state index contributed by atoms with van der Waals surface area (Å²) in [5, 5.41) is 1.46. The molecule has 2 aromatic carbocycles. The number of hydrogen-bond donors (Lipinski definition) is 0. The fourth-order valence-corrected chi connectivity index (χ4v) is 6.12. The highest BCUT2D eigenvalue weighted by Gasteiger charge is 2.25. The summed E-state index contributed by atoms with van der Waals surface area (Å²) in [6, 6.07) is 12.3. The van der Waals surface area contributed by atoms with Crippen LogP contribution in [0.4, 0.5) is 5.13 Å². The van der Waals surface area contributed by atoms with Gasteiger partial charge in [0, 0.05) is 37.6 Å². The van der Waals surface area contributed by atoms with Gasteiger partial charge in [-0.15, -0.1) is 0 Å². The predicted molar refractivity (Wildman–Crippen MR) is 126 cm³/mol.